The average molecular weight is 261 g/mol. The number of esters is 1. The third kappa shape index (κ3) is 1.68. The van der Waals surface area contributed by atoms with Gasteiger partial charge >= 0.3 is 5.97 Å². The molecule has 0 N–H and O–H groups in total. The Bertz CT molecular complexity index is 645. The van der Waals surface area contributed by atoms with Crippen molar-refractivity contribution in [2.75, 3.05) is 18.5 Å². The van der Waals surface area contributed by atoms with Gasteiger partial charge in [-0.2, -0.15) is 0 Å². The number of hydrogen-bond donors (Lipinski definition) is 0. The molecular weight excluding hydrogens is 246 g/mol. The number of aryl methyl sites for hydroxylation is 1. The highest BCUT2D eigenvalue weighted by atomic mass is 32.1. The van der Waals surface area contributed by atoms with Crippen molar-refractivity contribution in [1.29, 1.82) is 0 Å². The van der Waals surface area contributed by atoms with Crippen LogP contribution in [0.3, 0.4) is 0 Å². The predicted molar refractivity (Wildman–Crippen MR) is 74.8 cm³/mol. The quantitative estimate of drug-likeness (QED) is 0.583. The molecule has 0 unspecified atom stereocenters. The molecular formula is C14H15NO2S. The number of anilines is 1. The van der Waals surface area contributed by atoms with Gasteiger partial charge in [-0.3, -0.25) is 4.79 Å². The first-order valence-corrected chi connectivity index (χ1v) is 6.83. The molecule has 0 atom stereocenters. The van der Waals surface area contributed by atoms with Crippen LogP contribution in [0, 0.1) is 6.92 Å². The van der Waals surface area contributed by atoms with Crippen molar-refractivity contribution < 1.29 is 9.53 Å². The zero-order chi connectivity index (χ0) is 12.9. The minimum atomic E-state index is -0.263. The van der Waals surface area contributed by atoms with Gasteiger partial charge in [-0.25, -0.2) is 0 Å². The van der Waals surface area contributed by atoms with Gasteiger partial charge in [0.15, 0.2) is 0 Å². The van der Waals surface area contributed by atoms with E-state index in [1.54, 1.807) is 11.3 Å². The zero-order valence-corrected chi connectivity index (χ0v) is 11.6. The van der Waals surface area contributed by atoms with Crippen LogP contribution in [0.5, 0.6) is 5.75 Å². The number of carbonyl (C=O) groups excluding carboxylic acids is 1. The van der Waals surface area contributed by atoms with Crippen molar-refractivity contribution in [3.05, 3.63) is 22.6 Å². The molecule has 94 valence electrons. The first kappa shape index (κ1) is 11.5. The minimum Gasteiger partial charge on any atom is -0.426 e. The lowest BCUT2D eigenvalue weighted by atomic mass is 10.1. The molecule has 2 heterocycles. The number of hydrogen-bond acceptors (Lipinski definition) is 4. The molecule has 1 aromatic carbocycles. The molecule has 1 aliphatic rings. The lowest BCUT2D eigenvalue weighted by Gasteiger charge is -2.13. The second-order valence-corrected chi connectivity index (χ2v) is 5.99. The van der Waals surface area contributed by atoms with Crippen LogP contribution < -0.4 is 9.64 Å². The molecule has 0 spiro atoms. The summed E-state index contributed by atoms with van der Waals surface area (Å²) in [6.45, 7) is 4.57. The molecule has 3 rings (SSSR count). The van der Waals surface area contributed by atoms with Crippen LogP contribution in [0.1, 0.15) is 17.4 Å². The van der Waals surface area contributed by atoms with Crippen LogP contribution in [0.25, 0.3) is 10.1 Å². The van der Waals surface area contributed by atoms with Gasteiger partial charge in [0.25, 0.3) is 0 Å². The number of ether oxygens (including phenoxy) is 1. The molecule has 1 aliphatic heterocycles. The minimum absolute atomic E-state index is 0.263. The molecule has 0 amide bonds. The number of benzene rings is 1. The fourth-order valence-electron chi connectivity index (χ4n) is 2.55. The maximum absolute atomic E-state index is 11.2. The molecule has 1 aromatic heterocycles. The maximum atomic E-state index is 11.2. The van der Waals surface area contributed by atoms with E-state index < -0.39 is 0 Å². The van der Waals surface area contributed by atoms with Gasteiger partial charge in [0.1, 0.15) is 5.75 Å². The van der Waals surface area contributed by atoms with E-state index in [4.69, 9.17) is 4.74 Å². The second-order valence-electron chi connectivity index (χ2n) is 4.74. The Morgan fingerprint density at radius 3 is 2.94 bits per heavy atom. The van der Waals surface area contributed by atoms with E-state index in [0.717, 1.165) is 18.4 Å². The lowest BCUT2D eigenvalue weighted by molar-refractivity contribution is -0.131. The van der Waals surface area contributed by atoms with Crippen molar-refractivity contribution in [2.24, 2.45) is 0 Å². The lowest BCUT2D eigenvalue weighted by Crippen LogP contribution is -2.12. The smallest absolute Gasteiger partial charge is 0.308 e. The van der Waals surface area contributed by atoms with E-state index in [9.17, 15) is 4.79 Å². The van der Waals surface area contributed by atoms with Gasteiger partial charge in [-0.1, -0.05) is 0 Å². The van der Waals surface area contributed by atoms with Gasteiger partial charge in [-0.15, -0.1) is 11.3 Å². The summed E-state index contributed by atoms with van der Waals surface area (Å²) in [7, 11) is 2.08. The van der Waals surface area contributed by atoms with Crippen molar-refractivity contribution in [3.63, 3.8) is 0 Å². The van der Waals surface area contributed by atoms with Crippen LogP contribution in [0.2, 0.25) is 0 Å². The van der Waals surface area contributed by atoms with Crippen molar-refractivity contribution in [3.8, 4) is 5.75 Å². The number of rotatable bonds is 1. The highest BCUT2D eigenvalue weighted by Gasteiger charge is 2.23. The summed E-state index contributed by atoms with van der Waals surface area (Å²) in [6.07, 6.45) is 1.07. The Balaban J connectivity index is 2.29. The van der Waals surface area contributed by atoms with E-state index in [-0.39, 0.29) is 5.97 Å². The predicted octanol–water partition coefficient (Wildman–Crippen LogP) is 3.13. The monoisotopic (exact) mass is 261 g/mol. The average Bonchev–Trinajstić information content (AvgIpc) is 2.82. The van der Waals surface area contributed by atoms with Crippen molar-refractivity contribution in [1.82, 2.24) is 0 Å². The first-order chi connectivity index (χ1) is 8.56. The fraction of sp³-hybridized carbons (Fsp3) is 0.357. The van der Waals surface area contributed by atoms with Gasteiger partial charge < -0.3 is 9.64 Å². The molecule has 0 radical (unpaired) electrons. The Kier molecular flexibility index (Phi) is 2.55. The van der Waals surface area contributed by atoms with Crippen LogP contribution in [0.15, 0.2) is 12.1 Å². The van der Waals surface area contributed by atoms with Gasteiger partial charge in [0, 0.05) is 47.2 Å². The Morgan fingerprint density at radius 1 is 1.44 bits per heavy atom. The maximum Gasteiger partial charge on any atom is 0.308 e. The largest absolute Gasteiger partial charge is 0.426 e. The fourth-order valence-corrected chi connectivity index (χ4v) is 3.65. The molecule has 18 heavy (non-hydrogen) atoms. The SMILES string of the molecule is CC(=O)Oc1cc2c(c3sc(C)cc13)CCN2C. The van der Waals surface area contributed by atoms with Crippen LogP contribution in [-0.4, -0.2) is 19.6 Å². The Labute approximate surface area is 110 Å². The number of fused-ring (bicyclic) bond motifs is 3. The standard InChI is InChI=1S/C14H15NO2S/c1-8-6-11-13(17-9(2)16)7-12-10(14(11)18-8)4-5-15(12)3/h6-7H,4-5H2,1-3H3. The van der Waals surface area contributed by atoms with Crippen molar-refractivity contribution in [2.45, 2.75) is 20.3 Å². The molecule has 2 aromatic rings. The number of nitrogens with zero attached hydrogens (tertiary/aromatic N) is 1. The molecule has 0 aliphatic carbocycles. The van der Waals surface area contributed by atoms with Crippen molar-refractivity contribution >= 4 is 33.1 Å². The van der Waals surface area contributed by atoms with E-state index in [1.165, 1.54) is 27.8 Å². The number of thiophene rings is 1. The van der Waals surface area contributed by atoms with Gasteiger partial charge in [0.05, 0.1) is 0 Å². The third-order valence-corrected chi connectivity index (χ3v) is 4.44. The van der Waals surface area contributed by atoms with E-state index in [0.29, 0.717) is 5.75 Å². The normalized spacial score (nSPS) is 14.1. The summed E-state index contributed by atoms with van der Waals surface area (Å²) in [5.41, 5.74) is 2.59. The third-order valence-electron chi connectivity index (χ3n) is 3.33. The second kappa shape index (κ2) is 3.99. The summed E-state index contributed by atoms with van der Waals surface area (Å²) < 4.78 is 6.62. The van der Waals surface area contributed by atoms with E-state index in [1.807, 2.05) is 6.07 Å². The molecule has 4 heteroatoms. The summed E-state index contributed by atoms with van der Waals surface area (Å²) in [5, 5.41) is 1.07. The summed E-state index contributed by atoms with van der Waals surface area (Å²) >= 11 is 1.78. The first-order valence-electron chi connectivity index (χ1n) is 6.02. The van der Waals surface area contributed by atoms with Gasteiger partial charge in [-0.05, 0) is 25.0 Å². The Morgan fingerprint density at radius 2 is 2.22 bits per heavy atom. The molecule has 0 bridgehead atoms. The van der Waals surface area contributed by atoms with Gasteiger partial charge in [0.2, 0.25) is 0 Å². The zero-order valence-electron chi connectivity index (χ0n) is 10.7. The topological polar surface area (TPSA) is 29.5 Å². The van der Waals surface area contributed by atoms with E-state index >= 15 is 0 Å². The Hall–Kier alpha value is -1.55. The summed E-state index contributed by atoms with van der Waals surface area (Å²) in [4.78, 5) is 14.7. The van der Waals surface area contributed by atoms with E-state index in [2.05, 4.69) is 24.9 Å². The highest BCUT2D eigenvalue weighted by molar-refractivity contribution is 7.19. The molecule has 0 saturated heterocycles. The molecule has 0 saturated carbocycles. The van der Waals surface area contributed by atoms with Crippen LogP contribution in [-0.2, 0) is 11.2 Å². The number of carbonyl (C=O) groups is 1. The molecule has 3 nitrogen and oxygen atoms in total. The highest BCUT2D eigenvalue weighted by Crippen LogP contribution is 2.43. The van der Waals surface area contributed by atoms with Crippen LogP contribution in [0.4, 0.5) is 5.69 Å². The summed E-state index contributed by atoms with van der Waals surface area (Å²) in [5.74, 6) is 0.426. The number of likely N-dealkylation sites (N-methyl/N-ethyl adjacent to an activating group) is 1. The molecule has 0 fully saturated rings. The van der Waals surface area contributed by atoms with Crippen LogP contribution >= 0.6 is 11.3 Å². The summed E-state index contributed by atoms with van der Waals surface area (Å²) in [6, 6.07) is 4.11.